The van der Waals surface area contributed by atoms with E-state index < -0.39 is 0 Å². The van der Waals surface area contributed by atoms with Gasteiger partial charge in [-0.15, -0.1) is 0 Å². The molecule has 0 amide bonds. The molecule has 1 aromatic carbocycles. The van der Waals surface area contributed by atoms with E-state index in [4.69, 9.17) is 5.11 Å². The first-order chi connectivity index (χ1) is 10.7. The van der Waals surface area contributed by atoms with Crippen molar-refractivity contribution in [3.63, 3.8) is 0 Å². The second-order valence-corrected chi connectivity index (χ2v) is 5.74. The van der Waals surface area contributed by atoms with E-state index in [2.05, 4.69) is 54.6 Å². The van der Waals surface area contributed by atoms with Gasteiger partial charge in [0.25, 0.3) is 0 Å². The first-order valence-electron chi connectivity index (χ1n) is 8.06. The Morgan fingerprint density at radius 2 is 1.95 bits per heavy atom. The van der Waals surface area contributed by atoms with Crippen LogP contribution in [0.4, 0.5) is 0 Å². The molecule has 1 aromatic heterocycles. The molecule has 0 radical (unpaired) electrons. The Bertz CT molecular complexity index is 578. The minimum Gasteiger partial charge on any atom is -0.394 e. The molecule has 0 aliphatic heterocycles. The standard InChI is InChI=1S/C18H27N3O/c1-4-16(17-8-6-5-7-9-17)12-19-13-18-14(2)20-21(10-11-22)15(18)3/h5-9,16,19,22H,4,10-13H2,1-3H3. The van der Waals surface area contributed by atoms with Crippen molar-refractivity contribution in [2.24, 2.45) is 0 Å². The average molecular weight is 301 g/mol. The molecule has 1 heterocycles. The van der Waals surface area contributed by atoms with Gasteiger partial charge in [0.2, 0.25) is 0 Å². The summed E-state index contributed by atoms with van der Waals surface area (Å²) in [6.45, 7) is 8.81. The van der Waals surface area contributed by atoms with Crippen LogP contribution in [0, 0.1) is 13.8 Å². The number of aromatic nitrogens is 2. The number of aliphatic hydroxyl groups is 1. The van der Waals surface area contributed by atoms with Crippen molar-refractivity contribution in [1.82, 2.24) is 15.1 Å². The van der Waals surface area contributed by atoms with Crippen LogP contribution in [-0.2, 0) is 13.1 Å². The molecular formula is C18H27N3O. The molecule has 2 rings (SSSR count). The van der Waals surface area contributed by atoms with Gasteiger partial charge in [-0.1, -0.05) is 37.3 Å². The molecule has 0 saturated carbocycles. The summed E-state index contributed by atoms with van der Waals surface area (Å²) in [6.07, 6.45) is 1.12. The van der Waals surface area contributed by atoms with E-state index in [-0.39, 0.29) is 6.61 Å². The van der Waals surface area contributed by atoms with Crippen molar-refractivity contribution in [2.75, 3.05) is 13.2 Å². The molecule has 120 valence electrons. The lowest BCUT2D eigenvalue weighted by Gasteiger charge is -2.16. The Morgan fingerprint density at radius 3 is 2.59 bits per heavy atom. The zero-order chi connectivity index (χ0) is 15.9. The predicted octanol–water partition coefficient (Wildman–Crippen LogP) is 2.78. The number of benzene rings is 1. The molecule has 2 aromatic rings. The third-order valence-electron chi connectivity index (χ3n) is 4.30. The summed E-state index contributed by atoms with van der Waals surface area (Å²) in [5.41, 5.74) is 4.83. The van der Waals surface area contributed by atoms with Crippen molar-refractivity contribution in [3.8, 4) is 0 Å². The molecular weight excluding hydrogens is 274 g/mol. The number of aryl methyl sites for hydroxylation is 1. The van der Waals surface area contributed by atoms with Crippen LogP contribution in [0.25, 0.3) is 0 Å². The number of rotatable bonds is 8. The van der Waals surface area contributed by atoms with E-state index in [1.807, 2.05) is 11.6 Å². The fraction of sp³-hybridized carbons (Fsp3) is 0.500. The molecule has 2 N–H and O–H groups in total. The number of nitrogens with zero attached hydrogens (tertiary/aromatic N) is 2. The van der Waals surface area contributed by atoms with E-state index >= 15 is 0 Å². The summed E-state index contributed by atoms with van der Waals surface area (Å²) in [4.78, 5) is 0. The van der Waals surface area contributed by atoms with Crippen LogP contribution in [-0.4, -0.2) is 28.0 Å². The van der Waals surface area contributed by atoms with Crippen molar-refractivity contribution < 1.29 is 5.11 Å². The summed E-state index contributed by atoms with van der Waals surface area (Å²) < 4.78 is 1.89. The van der Waals surface area contributed by atoms with Gasteiger partial charge in [0.05, 0.1) is 18.8 Å². The molecule has 4 heteroatoms. The summed E-state index contributed by atoms with van der Waals surface area (Å²) in [7, 11) is 0. The SMILES string of the molecule is CCC(CNCc1c(C)nn(CCO)c1C)c1ccccc1. The molecule has 1 unspecified atom stereocenters. The molecule has 0 aliphatic carbocycles. The van der Waals surface area contributed by atoms with Gasteiger partial charge in [-0.05, 0) is 31.7 Å². The largest absolute Gasteiger partial charge is 0.394 e. The van der Waals surface area contributed by atoms with Crippen LogP contribution >= 0.6 is 0 Å². The van der Waals surface area contributed by atoms with E-state index in [0.717, 1.165) is 30.9 Å². The highest BCUT2D eigenvalue weighted by molar-refractivity contribution is 5.24. The van der Waals surface area contributed by atoms with E-state index in [9.17, 15) is 0 Å². The van der Waals surface area contributed by atoms with Gasteiger partial charge < -0.3 is 10.4 Å². The Hall–Kier alpha value is -1.65. The maximum Gasteiger partial charge on any atom is 0.0644 e. The summed E-state index contributed by atoms with van der Waals surface area (Å²) >= 11 is 0. The smallest absolute Gasteiger partial charge is 0.0644 e. The van der Waals surface area contributed by atoms with Crippen LogP contribution in [0.2, 0.25) is 0 Å². The third-order valence-corrected chi connectivity index (χ3v) is 4.30. The van der Waals surface area contributed by atoms with Crippen LogP contribution in [0.1, 0.15) is 41.8 Å². The fourth-order valence-corrected chi connectivity index (χ4v) is 2.90. The van der Waals surface area contributed by atoms with Gasteiger partial charge in [-0.2, -0.15) is 5.10 Å². The fourth-order valence-electron chi connectivity index (χ4n) is 2.90. The molecule has 22 heavy (non-hydrogen) atoms. The quantitative estimate of drug-likeness (QED) is 0.788. The predicted molar refractivity (Wildman–Crippen MR) is 90.0 cm³/mol. The number of hydrogen-bond donors (Lipinski definition) is 2. The second kappa shape index (κ2) is 8.11. The van der Waals surface area contributed by atoms with Crippen molar-refractivity contribution in [1.29, 1.82) is 0 Å². The Morgan fingerprint density at radius 1 is 1.23 bits per heavy atom. The maximum absolute atomic E-state index is 9.07. The molecule has 4 nitrogen and oxygen atoms in total. The van der Waals surface area contributed by atoms with Gasteiger partial charge in [0.15, 0.2) is 0 Å². The normalized spacial score (nSPS) is 12.5. The van der Waals surface area contributed by atoms with Gasteiger partial charge >= 0.3 is 0 Å². The van der Waals surface area contributed by atoms with Crippen molar-refractivity contribution in [3.05, 3.63) is 52.8 Å². The topological polar surface area (TPSA) is 50.1 Å². The first kappa shape index (κ1) is 16.7. The molecule has 1 atom stereocenters. The molecule has 0 aliphatic rings. The first-order valence-corrected chi connectivity index (χ1v) is 8.06. The Kier molecular flexibility index (Phi) is 6.16. The lowest BCUT2D eigenvalue weighted by Crippen LogP contribution is -2.21. The van der Waals surface area contributed by atoms with Crippen molar-refractivity contribution >= 4 is 0 Å². The van der Waals surface area contributed by atoms with E-state index in [1.54, 1.807) is 0 Å². The van der Waals surface area contributed by atoms with E-state index in [1.165, 1.54) is 11.1 Å². The lowest BCUT2D eigenvalue weighted by molar-refractivity contribution is 0.267. The molecule has 0 fully saturated rings. The average Bonchev–Trinajstić information content (AvgIpc) is 2.80. The summed E-state index contributed by atoms with van der Waals surface area (Å²) in [5.74, 6) is 0.536. The van der Waals surface area contributed by atoms with Crippen LogP contribution in [0.3, 0.4) is 0 Å². The Labute approximate surface area is 133 Å². The highest BCUT2D eigenvalue weighted by Gasteiger charge is 2.12. The number of nitrogens with one attached hydrogen (secondary N) is 1. The van der Waals surface area contributed by atoms with Gasteiger partial charge in [-0.25, -0.2) is 0 Å². The lowest BCUT2D eigenvalue weighted by atomic mass is 9.96. The monoisotopic (exact) mass is 301 g/mol. The van der Waals surface area contributed by atoms with E-state index in [0.29, 0.717) is 12.5 Å². The zero-order valence-corrected chi connectivity index (χ0v) is 13.8. The minimum atomic E-state index is 0.126. The Balaban J connectivity index is 1.96. The molecule has 0 bridgehead atoms. The van der Waals surface area contributed by atoms with Crippen LogP contribution < -0.4 is 5.32 Å². The number of aliphatic hydroxyl groups excluding tert-OH is 1. The van der Waals surface area contributed by atoms with Gasteiger partial charge in [0.1, 0.15) is 0 Å². The maximum atomic E-state index is 9.07. The van der Waals surface area contributed by atoms with Crippen LogP contribution in [0.5, 0.6) is 0 Å². The summed E-state index contributed by atoms with van der Waals surface area (Å²) in [6, 6.07) is 10.7. The highest BCUT2D eigenvalue weighted by Crippen LogP contribution is 2.19. The molecule has 0 saturated heterocycles. The molecule has 0 spiro atoms. The summed E-state index contributed by atoms with van der Waals surface area (Å²) in [5, 5.41) is 17.1. The zero-order valence-electron chi connectivity index (χ0n) is 13.8. The minimum absolute atomic E-state index is 0.126. The second-order valence-electron chi connectivity index (χ2n) is 5.74. The number of hydrogen-bond acceptors (Lipinski definition) is 3. The third kappa shape index (κ3) is 3.96. The van der Waals surface area contributed by atoms with Gasteiger partial charge in [-0.3, -0.25) is 4.68 Å². The highest BCUT2D eigenvalue weighted by atomic mass is 16.3. The van der Waals surface area contributed by atoms with Crippen LogP contribution in [0.15, 0.2) is 30.3 Å². The van der Waals surface area contributed by atoms with Gasteiger partial charge in [0, 0.05) is 24.3 Å². The van der Waals surface area contributed by atoms with Crippen molar-refractivity contribution in [2.45, 2.75) is 46.2 Å².